The first-order valence-electron chi connectivity index (χ1n) is 10.1. The SMILES string of the molecule is CCOC(=O)c1c(C)oc2c1cc(O)c1c2c(-c2ccccc2)nn1-c1ccccc1. The van der Waals surface area contributed by atoms with Crippen LogP contribution in [0.4, 0.5) is 0 Å². The highest BCUT2D eigenvalue weighted by Crippen LogP contribution is 2.42. The van der Waals surface area contributed by atoms with Crippen LogP contribution in [0.25, 0.3) is 38.8 Å². The molecule has 3 aromatic carbocycles. The van der Waals surface area contributed by atoms with Gasteiger partial charge < -0.3 is 14.3 Å². The summed E-state index contributed by atoms with van der Waals surface area (Å²) in [5.74, 6) is -0.0339. The van der Waals surface area contributed by atoms with Gasteiger partial charge >= 0.3 is 5.97 Å². The Morgan fingerprint density at radius 1 is 1.10 bits per heavy atom. The largest absolute Gasteiger partial charge is 0.506 e. The van der Waals surface area contributed by atoms with Gasteiger partial charge in [-0.25, -0.2) is 9.48 Å². The van der Waals surface area contributed by atoms with Crippen molar-refractivity contribution < 1.29 is 19.1 Å². The highest BCUT2D eigenvalue weighted by molar-refractivity contribution is 6.17. The standard InChI is InChI=1S/C25H20N2O4/c1-3-30-25(29)20-15(2)31-24-18(20)14-19(28)23-21(24)22(16-10-6-4-7-11-16)26-27(23)17-12-8-5-9-13-17/h4-14,28H,3H2,1-2H3. The number of aromatic nitrogens is 2. The molecule has 0 aliphatic heterocycles. The molecule has 0 atom stereocenters. The minimum atomic E-state index is -0.478. The molecule has 0 radical (unpaired) electrons. The highest BCUT2D eigenvalue weighted by atomic mass is 16.5. The molecule has 5 rings (SSSR count). The molecule has 0 bridgehead atoms. The Hall–Kier alpha value is -4.06. The number of para-hydroxylation sites is 1. The Balaban J connectivity index is 1.92. The van der Waals surface area contributed by atoms with Crippen molar-refractivity contribution in [3.63, 3.8) is 0 Å². The number of rotatable bonds is 4. The summed E-state index contributed by atoms with van der Waals surface area (Å²) >= 11 is 0. The second kappa shape index (κ2) is 7.32. The summed E-state index contributed by atoms with van der Waals surface area (Å²) in [5.41, 5.74) is 3.67. The van der Waals surface area contributed by atoms with Gasteiger partial charge in [0.15, 0.2) is 0 Å². The Morgan fingerprint density at radius 3 is 2.45 bits per heavy atom. The molecule has 0 spiro atoms. The molecule has 0 unspecified atom stereocenters. The fourth-order valence-electron chi connectivity index (χ4n) is 3.97. The Labute approximate surface area is 178 Å². The quantitative estimate of drug-likeness (QED) is 0.387. The molecule has 0 aliphatic carbocycles. The van der Waals surface area contributed by atoms with Crippen LogP contribution in [-0.2, 0) is 4.74 Å². The number of phenols is 1. The van der Waals surface area contributed by atoms with Crippen LogP contribution >= 0.6 is 0 Å². The van der Waals surface area contributed by atoms with E-state index in [1.54, 1.807) is 24.6 Å². The first-order valence-corrected chi connectivity index (χ1v) is 10.1. The molecule has 31 heavy (non-hydrogen) atoms. The van der Waals surface area contributed by atoms with Crippen LogP contribution in [0, 0.1) is 6.92 Å². The zero-order valence-corrected chi connectivity index (χ0v) is 17.1. The Kier molecular flexibility index (Phi) is 4.47. The number of nitrogens with zero attached hydrogens (tertiary/aromatic N) is 2. The number of aryl methyl sites for hydroxylation is 1. The molecule has 0 fully saturated rings. The van der Waals surface area contributed by atoms with E-state index in [0.717, 1.165) is 11.3 Å². The van der Waals surface area contributed by atoms with Crippen molar-refractivity contribution in [2.75, 3.05) is 6.61 Å². The van der Waals surface area contributed by atoms with Crippen LogP contribution in [0.15, 0.2) is 71.1 Å². The predicted molar refractivity (Wildman–Crippen MR) is 119 cm³/mol. The number of furan rings is 1. The number of fused-ring (bicyclic) bond motifs is 3. The third kappa shape index (κ3) is 2.95. The third-order valence-electron chi connectivity index (χ3n) is 5.28. The van der Waals surface area contributed by atoms with Gasteiger partial charge in [0, 0.05) is 10.9 Å². The number of carbonyl (C=O) groups excluding carboxylic acids is 1. The minimum Gasteiger partial charge on any atom is -0.506 e. The van der Waals surface area contributed by atoms with E-state index in [-0.39, 0.29) is 12.4 Å². The number of benzene rings is 3. The first-order chi connectivity index (χ1) is 15.1. The fraction of sp³-hybridized carbons (Fsp3) is 0.120. The third-order valence-corrected chi connectivity index (χ3v) is 5.28. The zero-order chi connectivity index (χ0) is 21.5. The average Bonchev–Trinajstić information content (AvgIpc) is 3.34. The summed E-state index contributed by atoms with van der Waals surface area (Å²) in [5, 5.41) is 17.1. The van der Waals surface area contributed by atoms with E-state index in [2.05, 4.69) is 0 Å². The van der Waals surface area contributed by atoms with E-state index < -0.39 is 5.97 Å². The molecule has 0 amide bonds. The number of hydrogen-bond donors (Lipinski definition) is 1. The topological polar surface area (TPSA) is 77.5 Å². The van der Waals surface area contributed by atoms with Gasteiger partial charge in [-0.1, -0.05) is 48.5 Å². The lowest BCUT2D eigenvalue weighted by Crippen LogP contribution is -2.05. The van der Waals surface area contributed by atoms with E-state index in [4.69, 9.17) is 14.3 Å². The van der Waals surface area contributed by atoms with Crippen molar-refractivity contribution in [2.24, 2.45) is 0 Å². The van der Waals surface area contributed by atoms with Crippen LogP contribution in [0.2, 0.25) is 0 Å². The fourth-order valence-corrected chi connectivity index (χ4v) is 3.97. The summed E-state index contributed by atoms with van der Waals surface area (Å²) in [7, 11) is 0. The molecule has 6 nitrogen and oxygen atoms in total. The van der Waals surface area contributed by atoms with E-state index in [0.29, 0.717) is 38.9 Å². The summed E-state index contributed by atoms with van der Waals surface area (Å²) in [6.45, 7) is 3.72. The Morgan fingerprint density at radius 2 is 1.77 bits per heavy atom. The monoisotopic (exact) mass is 412 g/mol. The number of phenolic OH excluding ortho intramolecular Hbond substituents is 1. The van der Waals surface area contributed by atoms with Gasteiger partial charge in [-0.3, -0.25) is 0 Å². The van der Waals surface area contributed by atoms with Crippen LogP contribution in [0.5, 0.6) is 5.75 Å². The molecule has 2 heterocycles. The van der Waals surface area contributed by atoms with E-state index in [9.17, 15) is 9.90 Å². The van der Waals surface area contributed by atoms with E-state index in [1.807, 2.05) is 60.7 Å². The summed E-state index contributed by atoms with van der Waals surface area (Å²) in [6, 6.07) is 20.8. The average molecular weight is 412 g/mol. The van der Waals surface area contributed by atoms with Gasteiger partial charge in [0.05, 0.1) is 17.7 Å². The van der Waals surface area contributed by atoms with Crippen LogP contribution in [-0.4, -0.2) is 27.5 Å². The van der Waals surface area contributed by atoms with Crippen LogP contribution < -0.4 is 0 Å². The number of aromatic hydroxyl groups is 1. The van der Waals surface area contributed by atoms with Crippen molar-refractivity contribution in [3.8, 4) is 22.7 Å². The van der Waals surface area contributed by atoms with Crippen LogP contribution in [0.1, 0.15) is 23.0 Å². The van der Waals surface area contributed by atoms with Crippen molar-refractivity contribution in [1.29, 1.82) is 0 Å². The molecule has 5 aromatic rings. The number of carbonyl (C=O) groups is 1. The lowest BCUT2D eigenvalue weighted by atomic mass is 10.0. The first kappa shape index (κ1) is 18.9. The number of esters is 1. The van der Waals surface area contributed by atoms with Gasteiger partial charge in [-0.15, -0.1) is 0 Å². The molecule has 6 heteroatoms. The maximum Gasteiger partial charge on any atom is 0.342 e. The van der Waals surface area contributed by atoms with Gasteiger partial charge in [0.25, 0.3) is 0 Å². The van der Waals surface area contributed by atoms with Crippen LogP contribution in [0.3, 0.4) is 0 Å². The summed E-state index contributed by atoms with van der Waals surface area (Å²) in [4.78, 5) is 12.6. The normalized spacial score (nSPS) is 11.3. The van der Waals surface area contributed by atoms with Crippen molar-refractivity contribution >= 4 is 27.8 Å². The highest BCUT2D eigenvalue weighted by Gasteiger charge is 2.27. The second-order valence-electron chi connectivity index (χ2n) is 7.21. The van der Waals surface area contributed by atoms with Gasteiger partial charge in [0.1, 0.15) is 33.9 Å². The number of hydrogen-bond acceptors (Lipinski definition) is 5. The van der Waals surface area contributed by atoms with E-state index >= 15 is 0 Å². The molecule has 154 valence electrons. The molecular formula is C25H20N2O4. The summed E-state index contributed by atoms with van der Waals surface area (Å²) in [6.07, 6.45) is 0. The lowest BCUT2D eigenvalue weighted by molar-refractivity contribution is 0.0526. The molecule has 2 aromatic heterocycles. The second-order valence-corrected chi connectivity index (χ2v) is 7.21. The van der Waals surface area contributed by atoms with Crippen molar-refractivity contribution in [3.05, 3.63) is 78.1 Å². The Bertz CT molecular complexity index is 1420. The maximum absolute atomic E-state index is 12.6. The maximum atomic E-state index is 12.6. The zero-order valence-electron chi connectivity index (χ0n) is 17.1. The van der Waals surface area contributed by atoms with Gasteiger partial charge in [0.2, 0.25) is 0 Å². The molecular weight excluding hydrogens is 392 g/mol. The van der Waals surface area contributed by atoms with Crippen molar-refractivity contribution in [2.45, 2.75) is 13.8 Å². The number of ether oxygens (including phenoxy) is 1. The van der Waals surface area contributed by atoms with Gasteiger partial charge in [-0.2, -0.15) is 5.10 Å². The van der Waals surface area contributed by atoms with E-state index in [1.165, 1.54) is 0 Å². The summed E-state index contributed by atoms with van der Waals surface area (Å²) < 4.78 is 13.0. The molecule has 0 aliphatic rings. The van der Waals surface area contributed by atoms with Crippen molar-refractivity contribution in [1.82, 2.24) is 9.78 Å². The van der Waals surface area contributed by atoms with Gasteiger partial charge in [-0.05, 0) is 32.0 Å². The molecule has 0 saturated heterocycles. The predicted octanol–water partition coefficient (Wildman–Crippen LogP) is 5.63. The smallest absolute Gasteiger partial charge is 0.342 e. The minimum absolute atomic E-state index is 0.00684. The molecule has 1 N–H and O–H groups in total. The molecule has 0 saturated carbocycles. The lowest BCUT2D eigenvalue weighted by Gasteiger charge is -2.05.